The fourth-order valence-corrected chi connectivity index (χ4v) is 6.52. The average molecular weight is 715 g/mol. The van der Waals surface area contributed by atoms with Gasteiger partial charge in [0.15, 0.2) is 0 Å². The lowest BCUT2D eigenvalue weighted by molar-refractivity contribution is -0.150. The summed E-state index contributed by atoms with van der Waals surface area (Å²) in [6, 6.07) is 14.9. The van der Waals surface area contributed by atoms with Gasteiger partial charge in [-0.1, -0.05) is 57.2 Å². The minimum absolute atomic E-state index is 0.0252. The largest absolute Gasteiger partial charge is 0.497 e. The van der Waals surface area contributed by atoms with Gasteiger partial charge in [0.1, 0.15) is 40.8 Å². The van der Waals surface area contributed by atoms with Crippen LogP contribution in [-0.4, -0.2) is 83.3 Å². The van der Waals surface area contributed by atoms with Crippen molar-refractivity contribution in [2.75, 3.05) is 20.3 Å². The molecule has 1 aliphatic carbocycles. The molecule has 0 spiro atoms. The molecule has 278 valence electrons. The molecular formula is C40H50N4O8. The number of carbonyl (C=O) groups is 4. The maximum Gasteiger partial charge on any atom is 0.408 e. The van der Waals surface area contributed by atoms with Crippen molar-refractivity contribution in [3.05, 3.63) is 67.3 Å². The number of aromatic nitrogens is 1. The Morgan fingerprint density at radius 1 is 1.06 bits per heavy atom. The average Bonchev–Trinajstić information content (AvgIpc) is 3.64. The van der Waals surface area contributed by atoms with Crippen molar-refractivity contribution in [1.82, 2.24) is 20.5 Å². The van der Waals surface area contributed by atoms with Gasteiger partial charge in [0.05, 0.1) is 31.5 Å². The number of methoxy groups -OCH3 is 1. The standard InChI is InChI=1S/C40H50N4O8/c1-10-25-22-40(25,36(47)50-11-2)43-34(45)31-20-27(23-44(31)35(46)33(38(3,4)5)42-37(48)52-39(6,7)8)51-32-21-29(24-15-13-12-14-16-24)41-30-19-26(49-9)17-18-28(30)32/h10,12-19,21,25,27,31,33H,1,11,20,22-23H2,2-9H3,(H,42,48)(H,43,45)/t25?,27-,31+,33-,40-/m1/s1. The molecule has 3 amide bonds. The summed E-state index contributed by atoms with van der Waals surface area (Å²) in [7, 11) is 1.59. The van der Waals surface area contributed by atoms with Gasteiger partial charge in [-0.25, -0.2) is 14.6 Å². The number of alkyl carbamates (subject to hydrolysis) is 1. The number of benzene rings is 2. The maximum atomic E-state index is 14.6. The van der Waals surface area contributed by atoms with Crippen molar-refractivity contribution < 1.29 is 38.1 Å². The minimum Gasteiger partial charge on any atom is -0.497 e. The Hall–Kier alpha value is -5.13. The number of esters is 1. The summed E-state index contributed by atoms with van der Waals surface area (Å²) in [5.74, 6) is -0.744. The second-order valence-corrected chi connectivity index (χ2v) is 15.4. The fourth-order valence-electron chi connectivity index (χ4n) is 6.52. The zero-order valence-electron chi connectivity index (χ0n) is 31.3. The summed E-state index contributed by atoms with van der Waals surface area (Å²) in [4.78, 5) is 61.2. The molecule has 0 radical (unpaired) electrons. The van der Waals surface area contributed by atoms with E-state index in [1.807, 2.05) is 75.4 Å². The van der Waals surface area contributed by atoms with E-state index in [4.69, 9.17) is 23.9 Å². The van der Waals surface area contributed by atoms with Crippen LogP contribution in [0.2, 0.25) is 0 Å². The van der Waals surface area contributed by atoms with E-state index in [0.29, 0.717) is 29.1 Å². The number of hydrogen-bond donors (Lipinski definition) is 2. The molecule has 52 heavy (non-hydrogen) atoms. The molecule has 1 unspecified atom stereocenters. The van der Waals surface area contributed by atoms with Crippen LogP contribution in [0.15, 0.2) is 67.3 Å². The van der Waals surface area contributed by atoms with Crippen molar-refractivity contribution in [3.8, 4) is 22.8 Å². The van der Waals surface area contributed by atoms with Gasteiger partial charge in [-0.15, -0.1) is 6.58 Å². The first-order valence-electron chi connectivity index (χ1n) is 17.6. The molecule has 5 rings (SSSR count). The predicted octanol–water partition coefficient (Wildman–Crippen LogP) is 5.82. The summed E-state index contributed by atoms with van der Waals surface area (Å²) in [5, 5.41) is 6.39. The van der Waals surface area contributed by atoms with E-state index in [9.17, 15) is 19.2 Å². The summed E-state index contributed by atoms with van der Waals surface area (Å²) < 4.78 is 23.0. The molecule has 2 fully saturated rings. The van der Waals surface area contributed by atoms with Crippen molar-refractivity contribution in [2.24, 2.45) is 11.3 Å². The van der Waals surface area contributed by atoms with Crippen LogP contribution in [0.1, 0.15) is 61.3 Å². The lowest BCUT2D eigenvalue weighted by Gasteiger charge is -2.36. The van der Waals surface area contributed by atoms with Crippen molar-refractivity contribution >= 4 is 34.8 Å². The first-order chi connectivity index (χ1) is 24.5. The second kappa shape index (κ2) is 14.8. The highest BCUT2D eigenvalue weighted by Crippen LogP contribution is 2.46. The number of hydrogen-bond acceptors (Lipinski definition) is 9. The van der Waals surface area contributed by atoms with E-state index in [1.165, 1.54) is 4.90 Å². The molecule has 1 saturated carbocycles. The Kier molecular flexibility index (Phi) is 10.9. The molecule has 5 atom stereocenters. The highest BCUT2D eigenvalue weighted by atomic mass is 16.6. The summed E-state index contributed by atoms with van der Waals surface area (Å²) in [5.41, 5.74) is -0.642. The van der Waals surface area contributed by atoms with Crippen molar-refractivity contribution in [1.29, 1.82) is 0 Å². The van der Waals surface area contributed by atoms with Gasteiger partial charge in [0.25, 0.3) is 0 Å². The maximum absolute atomic E-state index is 14.6. The summed E-state index contributed by atoms with van der Waals surface area (Å²) >= 11 is 0. The topological polar surface area (TPSA) is 145 Å². The van der Waals surface area contributed by atoms with Gasteiger partial charge < -0.3 is 34.5 Å². The predicted molar refractivity (Wildman–Crippen MR) is 197 cm³/mol. The highest BCUT2D eigenvalue weighted by molar-refractivity contribution is 5.97. The molecule has 2 aromatic carbocycles. The van der Waals surface area contributed by atoms with Crippen LogP contribution in [0.5, 0.6) is 11.5 Å². The van der Waals surface area contributed by atoms with Crippen LogP contribution < -0.4 is 20.1 Å². The van der Waals surface area contributed by atoms with Crippen LogP contribution in [0.25, 0.3) is 22.2 Å². The number of ether oxygens (including phenoxy) is 4. The number of rotatable bonds is 11. The van der Waals surface area contributed by atoms with Crippen molar-refractivity contribution in [3.63, 3.8) is 0 Å². The van der Waals surface area contributed by atoms with E-state index in [0.717, 1.165) is 10.9 Å². The molecule has 2 heterocycles. The normalized spacial score (nSPS) is 21.8. The number of likely N-dealkylation sites (tertiary alicyclic amines) is 1. The third-order valence-corrected chi connectivity index (χ3v) is 9.25. The fraction of sp³-hybridized carbons (Fsp3) is 0.475. The monoisotopic (exact) mass is 714 g/mol. The quantitative estimate of drug-likeness (QED) is 0.185. The SMILES string of the molecule is C=CC1C[C@]1(NC(=O)[C@@H]1C[C@@H](Oc2cc(-c3ccccc3)nc3cc(OC)ccc23)CN1C(=O)[C@@H](NC(=O)OC(C)(C)C)C(C)(C)C)C(=O)OCC. The molecule has 12 nitrogen and oxygen atoms in total. The van der Waals surface area contributed by atoms with Gasteiger partial charge >= 0.3 is 12.1 Å². The third kappa shape index (κ3) is 8.32. The number of carbonyl (C=O) groups excluding carboxylic acids is 4. The van der Waals surface area contributed by atoms with Crippen LogP contribution in [0.4, 0.5) is 4.79 Å². The molecule has 1 aliphatic heterocycles. The van der Waals surface area contributed by atoms with Gasteiger partial charge in [0.2, 0.25) is 11.8 Å². The number of nitrogens with one attached hydrogen (secondary N) is 2. The first kappa shape index (κ1) is 38.1. The van der Waals surface area contributed by atoms with Crippen LogP contribution in [0, 0.1) is 11.3 Å². The van der Waals surface area contributed by atoms with E-state index >= 15 is 0 Å². The molecule has 1 saturated heterocycles. The molecule has 3 aromatic rings. The van der Waals surface area contributed by atoms with Gasteiger partial charge in [-0.3, -0.25) is 9.59 Å². The van der Waals surface area contributed by atoms with Gasteiger partial charge in [-0.2, -0.15) is 0 Å². The lowest BCUT2D eigenvalue weighted by Crippen LogP contribution is -2.59. The third-order valence-electron chi connectivity index (χ3n) is 9.25. The number of fused-ring (bicyclic) bond motifs is 1. The Balaban J connectivity index is 1.51. The van der Waals surface area contributed by atoms with Crippen LogP contribution >= 0.6 is 0 Å². The Labute approximate surface area is 305 Å². The smallest absolute Gasteiger partial charge is 0.408 e. The molecule has 1 aromatic heterocycles. The van der Waals surface area contributed by atoms with E-state index in [2.05, 4.69) is 17.2 Å². The molecule has 2 aliphatic rings. The van der Waals surface area contributed by atoms with E-state index < -0.39 is 58.6 Å². The highest BCUT2D eigenvalue weighted by Gasteiger charge is 2.62. The zero-order chi connectivity index (χ0) is 38.0. The molecule has 0 bridgehead atoms. The Morgan fingerprint density at radius 3 is 2.37 bits per heavy atom. The van der Waals surface area contributed by atoms with Gasteiger partial charge in [0, 0.05) is 35.4 Å². The van der Waals surface area contributed by atoms with Gasteiger partial charge in [-0.05, 0) is 51.7 Å². The van der Waals surface area contributed by atoms with Crippen molar-refractivity contribution in [2.45, 2.75) is 90.6 Å². The molecule has 12 heteroatoms. The number of pyridine rings is 1. The van der Waals surface area contributed by atoms with E-state index in [1.54, 1.807) is 40.9 Å². The first-order valence-corrected chi connectivity index (χ1v) is 17.6. The van der Waals surface area contributed by atoms with Crippen LogP contribution in [0.3, 0.4) is 0 Å². The second-order valence-electron chi connectivity index (χ2n) is 15.4. The number of amides is 3. The van der Waals surface area contributed by atoms with E-state index in [-0.39, 0.29) is 25.5 Å². The van der Waals surface area contributed by atoms with Crippen LogP contribution in [-0.2, 0) is 23.9 Å². The lowest BCUT2D eigenvalue weighted by atomic mass is 9.85. The number of nitrogens with zero attached hydrogens (tertiary/aromatic N) is 2. The summed E-state index contributed by atoms with van der Waals surface area (Å²) in [6.07, 6.45) is 0.662. The molecule has 2 N–H and O–H groups in total. The molecular weight excluding hydrogens is 664 g/mol. The Morgan fingerprint density at radius 2 is 1.77 bits per heavy atom. The minimum atomic E-state index is -1.27. The zero-order valence-corrected chi connectivity index (χ0v) is 31.3. The Bertz CT molecular complexity index is 1830. The summed E-state index contributed by atoms with van der Waals surface area (Å²) in [6.45, 7) is 16.4.